The van der Waals surface area contributed by atoms with Crippen molar-refractivity contribution < 1.29 is 18.8 Å². The van der Waals surface area contributed by atoms with Crippen LogP contribution in [-0.2, 0) is 0 Å². The van der Waals surface area contributed by atoms with Crippen LogP contribution in [0.1, 0.15) is 0 Å². The first-order valence-electron chi connectivity index (χ1n) is 6.27. The van der Waals surface area contributed by atoms with Crippen LogP contribution in [0.5, 0.6) is 5.75 Å². The summed E-state index contributed by atoms with van der Waals surface area (Å²) in [5, 5.41) is 15.4. The fraction of sp³-hybridized carbons (Fsp3) is 0.0714. The molecule has 2 aromatic rings. The number of methoxy groups -OCH3 is 1. The standard InChI is InChI=1S/C14H11ClFN3O4/c1-23-12-6-5-8(19(21)22)7-11(12)17-14(20)18-13-9(15)3-2-4-10(13)16/h2-7H,1H3,(H2,17,18,20). The van der Waals surface area contributed by atoms with Crippen LogP contribution in [0.3, 0.4) is 0 Å². The molecule has 0 saturated heterocycles. The van der Waals surface area contributed by atoms with Crippen LogP contribution in [0.4, 0.5) is 26.2 Å². The molecule has 0 spiro atoms. The van der Waals surface area contributed by atoms with Crippen molar-refractivity contribution in [2.75, 3.05) is 17.7 Å². The van der Waals surface area contributed by atoms with Crippen molar-refractivity contribution in [1.29, 1.82) is 0 Å². The number of nitrogens with zero attached hydrogens (tertiary/aromatic N) is 1. The quantitative estimate of drug-likeness (QED) is 0.649. The normalized spacial score (nSPS) is 10.0. The van der Waals surface area contributed by atoms with E-state index in [0.29, 0.717) is 0 Å². The number of anilines is 2. The van der Waals surface area contributed by atoms with E-state index in [-0.39, 0.29) is 27.8 Å². The zero-order valence-electron chi connectivity index (χ0n) is 11.8. The first-order chi connectivity index (χ1) is 10.9. The van der Waals surface area contributed by atoms with Crippen LogP contribution < -0.4 is 15.4 Å². The molecule has 23 heavy (non-hydrogen) atoms. The number of amides is 2. The molecule has 0 unspecified atom stereocenters. The van der Waals surface area contributed by atoms with Crippen LogP contribution in [0.15, 0.2) is 36.4 Å². The highest BCUT2D eigenvalue weighted by atomic mass is 35.5. The molecule has 120 valence electrons. The van der Waals surface area contributed by atoms with Gasteiger partial charge in [-0.15, -0.1) is 0 Å². The number of benzene rings is 2. The molecule has 2 rings (SSSR count). The molecule has 9 heteroatoms. The minimum atomic E-state index is -0.823. The van der Waals surface area contributed by atoms with E-state index in [0.717, 1.165) is 12.1 Å². The van der Waals surface area contributed by atoms with E-state index in [1.165, 1.54) is 31.4 Å². The van der Waals surface area contributed by atoms with Crippen LogP contribution in [-0.4, -0.2) is 18.1 Å². The van der Waals surface area contributed by atoms with Gasteiger partial charge in [0, 0.05) is 12.1 Å². The van der Waals surface area contributed by atoms with Crippen LogP contribution in [0, 0.1) is 15.9 Å². The van der Waals surface area contributed by atoms with Gasteiger partial charge in [-0.05, 0) is 18.2 Å². The molecule has 0 atom stereocenters. The van der Waals surface area contributed by atoms with Crippen LogP contribution in [0.2, 0.25) is 5.02 Å². The van der Waals surface area contributed by atoms with Crippen molar-refractivity contribution in [3.63, 3.8) is 0 Å². The lowest BCUT2D eigenvalue weighted by Gasteiger charge is -2.12. The van der Waals surface area contributed by atoms with Gasteiger partial charge in [-0.1, -0.05) is 17.7 Å². The van der Waals surface area contributed by atoms with Gasteiger partial charge in [0.2, 0.25) is 0 Å². The van der Waals surface area contributed by atoms with Gasteiger partial charge in [-0.25, -0.2) is 9.18 Å². The van der Waals surface area contributed by atoms with Crippen molar-refractivity contribution >= 4 is 34.7 Å². The molecule has 2 N–H and O–H groups in total. The number of nitrogens with one attached hydrogen (secondary N) is 2. The summed E-state index contributed by atoms with van der Waals surface area (Å²) in [5.41, 5.74) is -0.368. The first-order valence-corrected chi connectivity index (χ1v) is 6.64. The Balaban J connectivity index is 2.23. The largest absolute Gasteiger partial charge is 0.495 e. The number of hydrogen-bond acceptors (Lipinski definition) is 4. The lowest BCUT2D eigenvalue weighted by atomic mass is 10.2. The average molecular weight is 340 g/mol. The number of carbonyl (C=O) groups is 1. The number of hydrogen-bond donors (Lipinski definition) is 2. The number of carbonyl (C=O) groups excluding carboxylic acids is 1. The highest BCUT2D eigenvalue weighted by Crippen LogP contribution is 2.30. The zero-order chi connectivity index (χ0) is 17.0. The SMILES string of the molecule is COc1ccc([N+](=O)[O-])cc1NC(=O)Nc1c(F)cccc1Cl. The van der Waals surface area contributed by atoms with Crippen molar-refractivity contribution in [1.82, 2.24) is 0 Å². The molecule has 0 bridgehead atoms. The third-order valence-electron chi connectivity index (χ3n) is 2.84. The maximum absolute atomic E-state index is 13.6. The molecule has 0 fully saturated rings. The van der Waals surface area contributed by atoms with Gasteiger partial charge in [-0.3, -0.25) is 10.1 Å². The predicted octanol–water partition coefficient (Wildman–Crippen LogP) is 4.04. The van der Waals surface area contributed by atoms with E-state index in [1.807, 2.05) is 0 Å². The number of urea groups is 1. The van der Waals surface area contributed by atoms with Crippen LogP contribution in [0.25, 0.3) is 0 Å². The van der Waals surface area contributed by atoms with Crippen molar-refractivity contribution in [2.24, 2.45) is 0 Å². The Morgan fingerprint density at radius 3 is 2.65 bits per heavy atom. The number of halogens is 2. The Morgan fingerprint density at radius 1 is 1.30 bits per heavy atom. The van der Waals surface area contributed by atoms with Crippen molar-refractivity contribution in [2.45, 2.75) is 0 Å². The highest BCUT2D eigenvalue weighted by molar-refractivity contribution is 6.33. The maximum atomic E-state index is 13.6. The molecule has 0 heterocycles. The van der Waals surface area contributed by atoms with E-state index in [9.17, 15) is 19.3 Å². The molecular weight excluding hydrogens is 329 g/mol. The summed E-state index contributed by atoms with van der Waals surface area (Å²) < 4.78 is 18.6. The number of nitro groups is 1. The third-order valence-corrected chi connectivity index (χ3v) is 3.16. The third kappa shape index (κ3) is 3.86. The molecular formula is C14H11ClFN3O4. The fourth-order valence-corrected chi connectivity index (χ4v) is 2.00. The van der Waals surface area contributed by atoms with E-state index in [2.05, 4.69) is 10.6 Å². The number of nitro benzene ring substituents is 1. The predicted molar refractivity (Wildman–Crippen MR) is 83.7 cm³/mol. The summed E-state index contributed by atoms with van der Waals surface area (Å²) >= 11 is 5.81. The Morgan fingerprint density at radius 2 is 2.04 bits per heavy atom. The Hall–Kier alpha value is -2.87. The number of para-hydroxylation sites is 1. The molecule has 2 amide bonds. The van der Waals surface area contributed by atoms with E-state index >= 15 is 0 Å². The Labute approximate surface area is 135 Å². The molecule has 2 aromatic carbocycles. The molecule has 0 saturated carbocycles. The van der Waals surface area contributed by atoms with E-state index in [4.69, 9.17) is 16.3 Å². The van der Waals surface area contributed by atoms with Crippen molar-refractivity contribution in [3.8, 4) is 5.75 Å². The number of non-ortho nitro benzene ring substituents is 1. The second kappa shape index (κ2) is 6.93. The van der Waals surface area contributed by atoms with Crippen molar-refractivity contribution in [3.05, 3.63) is 57.4 Å². The molecule has 0 radical (unpaired) electrons. The first kappa shape index (κ1) is 16.5. The molecule has 0 aliphatic heterocycles. The highest BCUT2D eigenvalue weighted by Gasteiger charge is 2.15. The average Bonchev–Trinajstić information content (AvgIpc) is 2.51. The summed E-state index contributed by atoms with van der Waals surface area (Å²) in [5.74, 6) is -0.496. The number of ether oxygens (including phenoxy) is 1. The smallest absolute Gasteiger partial charge is 0.323 e. The minimum Gasteiger partial charge on any atom is -0.495 e. The van der Waals surface area contributed by atoms with Gasteiger partial charge in [0.1, 0.15) is 11.6 Å². The van der Waals surface area contributed by atoms with Gasteiger partial charge >= 0.3 is 6.03 Å². The lowest BCUT2D eigenvalue weighted by molar-refractivity contribution is -0.384. The molecule has 7 nitrogen and oxygen atoms in total. The molecule has 0 aliphatic rings. The van der Waals surface area contributed by atoms with Gasteiger partial charge in [0.25, 0.3) is 5.69 Å². The van der Waals surface area contributed by atoms with E-state index in [1.54, 1.807) is 0 Å². The lowest BCUT2D eigenvalue weighted by Crippen LogP contribution is -2.20. The van der Waals surface area contributed by atoms with Gasteiger partial charge < -0.3 is 15.4 Å². The van der Waals surface area contributed by atoms with Crippen LogP contribution >= 0.6 is 11.6 Å². The summed E-state index contributed by atoms with van der Waals surface area (Å²) in [7, 11) is 1.35. The van der Waals surface area contributed by atoms with E-state index < -0.39 is 16.8 Å². The zero-order valence-corrected chi connectivity index (χ0v) is 12.6. The number of rotatable bonds is 4. The summed E-state index contributed by atoms with van der Waals surface area (Å²) in [6.07, 6.45) is 0. The second-order valence-electron chi connectivity index (χ2n) is 4.32. The summed E-state index contributed by atoms with van der Waals surface area (Å²) in [6, 6.07) is 6.81. The Bertz CT molecular complexity index is 749. The second-order valence-corrected chi connectivity index (χ2v) is 4.72. The minimum absolute atomic E-state index is 0.0196. The van der Waals surface area contributed by atoms with Gasteiger partial charge in [0.15, 0.2) is 0 Å². The van der Waals surface area contributed by atoms with Gasteiger partial charge in [-0.2, -0.15) is 0 Å². The van der Waals surface area contributed by atoms with Gasteiger partial charge in [0.05, 0.1) is 28.4 Å². The monoisotopic (exact) mass is 339 g/mol. The maximum Gasteiger partial charge on any atom is 0.323 e. The summed E-state index contributed by atoms with van der Waals surface area (Å²) in [4.78, 5) is 22.1. The Kier molecular flexibility index (Phi) is 4.97. The topological polar surface area (TPSA) is 93.5 Å². The summed E-state index contributed by atoms with van der Waals surface area (Å²) in [6.45, 7) is 0. The fourth-order valence-electron chi connectivity index (χ4n) is 1.79. The molecule has 0 aromatic heterocycles. The molecule has 0 aliphatic carbocycles.